The zero-order valence-corrected chi connectivity index (χ0v) is 10.0. The summed E-state index contributed by atoms with van der Waals surface area (Å²) in [6.45, 7) is 1.31. The Bertz CT molecular complexity index is 372. The number of hydrogen-bond acceptors (Lipinski definition) is 5. The molecule has 1 aromatic rings. The van der Waals surface area contributed by atoms with Gasteiger partial charge in [0, 0.05) is 35.4 Å². The SMILES string of the molecule is O=S1CCN(c2nc(Cl)nc(Cl)n2)CC1. The molecule has 82 valence electrons. The molecule has 1 saturated heterocycles. The lowest BCUT2D eigenvalue weighted by Crippen LogP contribution is -2.38. The van der Waals surface area contributed by atoms with Crippen LogP contribution in [-0.4, -0.2) is 43.8 Å². The number of aromatic nitrogens is 3. The van der Waals surface area contributed by atoms with Gasteiger partial charge in [-0.25, -0.2) is 0 Å². The smallest absolute Gasteiger partial charge is 0.231 e. The van der Waals surface area contributed by atoms with Crippen LogP contribution in [0.3, 0.4) is 0 Å². The highest BCUT2D eigenvalue weighted by atomic mass is 35.5. The molecule has 8 heteroatoms. The van der Waals surface area contributed by atoms with E-state index in [1.165, 1.54) is 0 Å². The van der Waals surface area contributed by atoms with Gasteiger partial charge in [0.2, 0.25) is 16.5 Å². The highest BCUT2D eigenvalue weighted by molar-refractivity contribution is 7.85. The van der Waals surface area contributed by atoms with Gasteiger partial charge in [0.05, 0.1) is 0 Å². The number of anilines is 1. The van der Waals surface area contributed by atoms with E-state index in [0.29, 0.717) is 30.5 Å². The van der Waals surface area contributed by atoms with E-state index in [0.717, 1.165) is 0 Å². The van der Waals surface area contributed by atoms with Crippen molar-refractivity contribution >= 4 is 39.9 Å². The maximum Gasteiger partial charge on any atom is 0.231 e. The summed E-state index contributed by atoms with van der Waals surface area (Å²) in [6.07, 6.45) is 0. The molecular weight excluding hydrogens is 259 g/mol. The molecule has 15 heavy (non-hydrogen) atoms. The van der Waals surface area contributed by atoms with Crippen LogP contribution in [0.25, 0.3) is 0 Å². The topological polar surface area (TPSA) is 59.0 Å². The lowest BCUT2D eigenvalue weighted by Gasteiger charge is -2.25. The molecule has 2 heterocycles. The van der Waals surface area contributed by atoms with Crippen LogP contribution in [0, 0.1) is 0 Å². The van der Waals surface area contributed by atoms with E-state index in [1.54, 1.807) is 0 Å². The Morgan fingerprint density at radius 1 is 1.07 bits per heavy atom. The average molecular weight is 267 g/mol. The van der Waals surface area contributed by atoms with Gasteiger partial charge in [-0.3, -0.25) is 4.21 Å². The lowest BCUT2D eigenvalue weighted by atomic mass is 10.5. The van der Waals surface area contributed by atoms with E-state index in [9.17, 15) is 4.21 Å². The number of halogens is 2. The molecule has 0 N–H and O–H groups in total. The molecule has 0 unspecified atom stereocenters. The van der Waals surface area contributed by atoms with E-state index < -0.39 is 10.8 Å². The van der Waals surface area contributed by atoms with Crippen LogP contribution in [0.15, 0.2) is 0 Å². The fourth-order valence-corrected chi connectivity index (χ4v) is 2.70. The number of nitrogens with zero attached hydrogens (tertiary/aromatic N) is 4. The minimum atomic E-state index is -0.724. The highest BCUT2D eigenvalue weighted by Gasteiger charge is 2.18. The third-order valence-corrected chi connectivity index (χ3v) is 3.64. The van der Waals surface area contributed by atoms with Gasteiger partial charge in [-0.2, -0.15) is 15.0 Å². The fraction of sp³-hybridized carbons (Fsp3) is 0.571. The first-order valence-electron chi connectivity index (χ1n) is 4.32. The van der Waals surface area contributed by atoms with E-state index in [-0.39, 0.29) is 10.6 Å². The first-order valence-corrected chi connectivity index (χ1v) is 6.56. The average Bonchev–Trinajstić information content (AvgIpc) is 2.17. The molecular formula is C7H8Cl2N4OS. The van der Waals surface area contributed by atoms with Crippen molar-refractivity contribution in [2.24, 2.45) is 0 Å². The quantitative estimate of drug-likeness (QED) is 0.751. The second kappa shape index (κ2) is 4.59. The van der Waals surface area contributed by atoms with Crippen molar-refractivity contribution in [1.82, 2.24) is 15.0 Å². The first kappa shape index (κ1) is 11.0. The Morgan fingerprint density at radius 2 is 1.60 bits per heavy atom. The van der Waals surface area contributed by atoms with Crippen LogP contribution in [0.5, 0.6) is 0 Å². The van der Waals surface area contributed by atoms with Gasteiger partial charge in [-0.15, -0.1) is 0 Å². The molecule has 0 aromatic carbocycles. The van der Waals surface area contributed by atoms with Crippen molar-refractivity contribution in [3.05, 3.63) is 10.6 Å². The molecule has 0 amide bonds. The molecule has 0 radical (unpaired) electrons. The predicted molar refractivity (Wildman–Crippen MR) is 59.9 cm³/mol. The summed E-state index contributed by atoms with van der Waals surface area (Å²) < 4.78 is 11.2. The van der Waals surface area contributed by atoms with Gasteiger partial charge in [0.25, 0.3) is 0 Å². The molecule has 0 saturated carbocycles. The number of rotatable bonds is 1. The van der Waals surface area contributed by atoms with Crippen molar-refractivity contribution in [3.63, 3.8) is 0 Å². The zero-order valence-electron chi connectivity index (χ0n) is 7.69. The molecule has 5 nitrogen and oxygen atoms in total. The second-order valence-electron chi connectivity index (χ2n) is 3.01. The zero-order chi connectivity index (χ0) is 10.8. The van der Waals surface area contributed by atoms with E-state index >= 15 is 0 Å². The molecule has 1 aliphatic heterocycles. The van der Waals surface area contributed by atoms with Crippen molar-refractivity contribution in [2.45, 2.75) is 0 Å². The summed E-state index contributed by atoms with van der Waals surface area (Å²) in [5.41, 5.74) is 0. The maximum absolute atomic E-state index is 11.2. The lowest BCUT2D eigenvalue weighted by molar-refractivity contribution is 0.671. The Balaban J connectivity index is 2.18. The minimum absolute atomic E-state index is 0.0803. The molecule has 0 aliphatic carbocycles. The summed E-state index contributed by atoms with van der Waals surface area (Å²) in [5, 5.41) is 0.161. The largest absolute Gasteiger partial charge is 0.339 e. The predicted octanol–water partition coefficient (Wildman–Crippen LogP) is 0.747. The van der Waals surface area contributed by atoms with Gasteiger partial charge in [-0.1, -0.05) is 0 Å². The molecule has 0 spiro atoms. The summed E-state index contributed by atoms with van der Waals surface area (Å²) in [5.74, 6) is 1.71. The minimum Gasteiger partial charge on any atom is -0.339 e. The fourth-order valence-electron chi connectivity index (χ4n) is 1.30. The van der Waals surface area contributed by atoms with Crippen LogP contribution in [-0.2, 0) is 10.8 Å². The summed E-state index contributed by atoms with van der Waals surface area (Å²) in [6, 6.07) is 0. The van der Waals surface area contributed by atoms with E-state index in [1.807, 2.05) is 4.90 Å². The van der Waals surface area contributed by atoms with Crippen LogP contribution in [0.2, 0.25) is 10.6 Å². The molecule has 2 rings (SSSR count). The third-order valence-electron chi connectivity index (χ3n) is 2.03. The standard InChI is InChI=1S/C7H8Cl2N4OS/c8-5-10-6(9)12-7(11-5)13-1-3-15(14)4-2-13/h1-4H2. The van der Waals surface area contributed by atoms with Gasteiger partial charge in [0.15, 0.2) is 0 Å². The van der Waals surface area contributed by atoms with Crippen LogP contribution >= 0.6 is 23.2 Å². The molecule has 0 bridgehead atoms. The Hall–Kier alpha value is -0.460. The van der Waals surface area contributed by atoms with E-state index in [2.05, 4.69) is 15.0 Å². The summed E-state index contributed by atoms with van der Waals surface area (Å²) >= 11 is 11.3. The second-order valence-corrected chi connectivity index (χ2v) is 5.38. The van der Waals surface area contributed by atoms with Crippen molar-refractivity contribution in [3.8, 4) is 0 Å². The number of hydrogen-bond donors (Lipinski definition) is 0. The van der Waals surface area contributed by atoms with Gasteiger partial charge < -0.3 is 4.90 Å². The normalized spacial score (nSPS) is 18.1. The van der Waals surface area contributed by atoms with Gasteiger partial charge >= 0.3 is 0 Å². The maximum atomic E-state index is 11.2. The molecule has 0 atom stereocenters. The van der Waals surface area contributed by atoms with Crippen molar-refractivity contribution in [2.75, 3.05) is 29.5 Å². The first-order chi connectivity index (χ1) is 7.15. The van der Waals surface area contributed by atoms with Crippen molar-refractivity contribution in [1.29, 1.82) is 0 Å². The summed E-state index contributed by atoms with van der Waals surface area (Å²) in [4.78, 5) is 13.5. The molecule has 1 fully saturated rings. The van der Waals surface area contributed by atoms with Crippen LogP contribution in [0.4, 0.5) is 5.95 Å². The monoisotopic (exact) mass is 266 g/mol. The highest BCUT2D eigenvalue weighted by Crippen LogP contribution is 2.15. The molecule has 1 aromatic heterocycles. The van der Waals surface area contributed by atoms with Gasteiger partial charge in [0.1, 0.15) is 0 Å². The van der Waals surface area contributed by atoms with Crippen LogP contribution < -0.4 is 4.90 Å². The summed E-state index contributed by atoms with van der Waals surface area (Å²) in [7, 11) is -0.724. The Labute approximate surface area is 99.3 Å². The van der Waals surface area contributed by atoms with Crippen molar-refractivity contribution < 1.29 is 4.21 Å². The van der Waals surface area contributed by atoms with Gasteiger partial charge in [-0.05, 0) is 23.2 Å². The Kier molecular flexibility index (Phi) is 3.38. The molecule has 1 aliphatic rings. The Morgan fingerprint density at radius 3 is 2.13 bits per heavy atom. The van der Waals surface area contributed by atoms with E-state index in [4.69, 9.17) is 23.2 Å². The van der Waals surface area contributed by atoms with Crippen LogP contribution in [0.1, 0.15) is 0 Å². The third kappa shape index (κ3) is 2.76.